The van der Waals surface area contributed by atoms with Gasteiger partial charge in [-0.3, -0.25) is 4.79 Å². The molecule has 0 saturated carbocycles. The predicted octanol–water partition coefficient (Wildman–Crippen LogP) is 5.24. The first-order chi connectivity index (χ1) is 13.9. The topological polar surface area (TPSA) is 58.1 Å². The molecule has 5 nitrogen and oxygen atoms in total. The number of amides is 1. The fourth-order valence-electron chi connectivity index (χ4n) is 3.97. The maximum Gasteiger partial charge on any atom is 0.277 e. The first-order valence-corrected chi connectivity index (χ1v) is 10.1. The van der Waals surface area contributed by atoms with E-state index < -0.39 is 0 Å². The normalized spacial score (nSPS) is 15.5. The van der Waals surface area contributed by atoms with Gasteiger partial charge in [-0.2, -0.15) is 0 Å². The molecule has 1 atom stereocenters. The molecular formula is C24H26N4O. The maximum atomic E-state index is 13.4. The van der Waals surface area contributed by atoms with Crippen molar-refractivity contribution in [1.82, 2.24) is 9.97 Å². The summed E-state index contributed by atoms with van der Waals surface area (Å²) in [6.45, 7) is 8.26. The zero-order valence-electron chi connectivity index (χ0n) is 17.3. The van der Waals surface area contributed by atoms with E-state index in [1.165, 1.54) is 11.1 Å². The van der Waals surface area contributed by atoms with Gasteiger partial charge in [-0.1, -0.05) is 50.2 Å². The molecule has 29 heavy (non-hydrogen) atoms. The van der Waals surface area contributed by atoms with E-state index in [1.54, 1.807) is 6.07 Å². The summed E-state index contributed by atoms with van der Waals surface area (Å²) in [5.74, 6) is 0.723. The molecule has 5 heteroatoms. The molecule has 3 aromatic rings. The van der Waals surface area contributed by atoms with Crippen LogP contribution in [0.25, 0.3) is 0 Å². The van der Waals surface area contributed by atoms with Gasteiger partial charge in [-0.25, -0.2) is 9.97 Å². The highest BCUT2D eigenvalue weighted by Crippen LogP contribution is 2.33. The minimum absolute atomic E-state index is 0.0897. The third kappa shape index (κ3) is 3.73. The van der Waals surface area contributed by atoms with E-state index >= 15 is 0 Å². The van der Waals surface area contributed by atoms with E-state index in [0.29, 0.717) is 17.6 Å². The van der Waals surface area contributed by atoms with Crippen LogP contribution in [0.3, 0.4) is 0 Å². The highest BCUT2D eigenvalue weighted by molar-refractivity contribution is 6.06. The molecule has 1 amide bonds. The molecule has 0 radical (unpaired) electrons. The van der Waals surface area contributed by atoms with Crippen molar-refractivity contribution in [2.24, 2.45) is 0 Å². The average molecular weight is 386 g/mol. The van der Waals surface area contributed by atoms with Crippen LogP contribution in [0.1, 0.15) is 54.0 Å². The van der Waals surface area contributed by atoms with Gasteiger partial charge >= 0.3 is 0 Å². The van der Waals surface area contributed by atoms with Crippen LogP contribution in [0.4, 0.5) is 17.3 Å². The Morgan fingerprint density at radius 1 is 1.10 bits per heavy atom. The summed E-state index contributed by atoms with van der Waals surface area (Å²) >= 11 is 0. The van der Waals surface area contributed by atoms with Gasteiger partial charge < -0.3 is 10.2 Å². The highest BCUT2D eigenvalue weighted by Gasteiger charge is 2.32. The van der Waals surface area contributed by atoms with E-state index in [4.69, 9.17) is 0 Å². The summed E-state index contributed by atoms with van der Waals surface area (Å²) in [6.07, 6.45) is 0.860. The molecule has 0 aliphatic carbocycles. The second-order valence-electron chi connectivity index (χ2n) is 7.94. The van der Waals surface area contributed by atoms with Crippen LogP contribution >= 0.6 is 0 Å². The Balaban J connectivity index is 1.67. The van der Waals surface area contributed by atoms with Crippen molar-refractivity contribution in [3.63, 3.8) is 0 Å². The number of hydrogen-bond acceptors (Lipinski definition) is 4. The molecule has 1 unspecified atom stereocenters. The molecule has 1 aromatic heterocycles. The average Bonchev–Trinajstić information content (AvgIpc) is 3.03. The molecule has 2 aromatic carbocycles. The quantitative estimate of drug-likeness (QED) is 0.666. The van der Waals surface area contributed by atoms with Crippen LogP contribution < -0.4 is 10.2 Å². The van der Waals surface area contributed by atoms with E-state index in [9.17, 15) is 4.79 Å². The van der Waals surface area contributed by atoms with Crippen molar-refractivity contribution in [3.05, 3.63) is 77.1 Å². The maximum absolute atomic E-state index is 13.4. The summed E-state index contributed by atoms with van der Waals surface area (Å²) in [6, 6.07) is 18.1. The lowest BCUT2D eigenvalue weighted by Gasteiger charge is -2.22. The van der Waals surface area contributed by atoms with Crippen LogP contribution in [0.2, 0.25) is 0 Å². The number of nitrogens with zero attached hydrogens (tertiary/aromatic N) is 3. The highest BCUT2D eigenvalue weighted by atomic mass is 16.2. The summed E-state index contributed by atoms with van der Waals surface area (Å²) in [5.41, 5.74) is 5.49. The molecular weight excluding hydrogens is 360 g/mol. The van der Waals surface area contributed by atoms with E-state index in [1.807, 2.05) is 48.2 Å². The van der Waals surface area contributed by atoms with Crippen molar-refractivity contribution in [2.45, 2.75) is 46.1 Å². The molecule has 4 rings (SSSR count). The van der Waals surface area contributed by atoms with E-state index in [2.05, 4.69) is 48.2 Å². The molecule has 148 valence electrons. The van der Waals surface area contributed by atoms with Crippen LogP contribution in [0.5, 0.6) is 0 Å². The lowest BCUT2D eigenvalue weighted by molar-refractivity contribution is 0.0976. The van der Waals surface area contributed by atoms with Crippen molar-refractivity contribution in [3.8, 4) is 0 Å². The Bertz CT molecular complexity index is 1060. The lowest BCUT2D eigenvalue weighted by atomic mass is 10.0. The van der Waals surface area contributed by atoms with Gasteiger partial charge in [0, 0.05) is 23.1 Å². The van der Waals surface area contributed by atoms with Crippen molar-refractivity contribution in [2.75, 3.05) is 10.2 Å². The second kappa shape index (κ2) is 7.66. The van der Waals surface area contributed by atoms with Crippen molar-refractivity contribution in [1.29, 1.82) is 0 Å². The summed E-state index contributed by atoms with van der Waals surface area (Å²) in [7, 11) is 0. The fraction of sp³-hybridized carbons (Fsp3) is 0.292. The molecule has 0 spiro atoms. The zero-order chi connectivity index (χ0) is 20.5. The van der Waals surface area contributed by atoms with Gasteiger partial charge in [0.2, 0.25) is 5.95 Å². The van der Waals surface area contributed by atoms with Gasteiger partial charge in [-0.05, 0) is 55.5 Å². The molecule has 0 saturated heterocycles. The smallest absolute Gasteiger partial charge is 0.277 e. The number of benzene rings is 2. The number of carbonyl (C=O) groups is 1. The summed E-state index contributed by atoms with van der Waals surface area (Å²) in [5, 5.41) is 3.32. The molecule has 0 bridgehead atoms. The Kier molecular flexibility index (Phi) is 5.05. The molecule has 1 aliphatic heterocycles. The van der Waals surface area contributed by atoms with Crippen LogP contribution in [0.15, 0.2) is 54.6 Å². The van der Waals surface area contributed by atoms with Gasteiger partial charge in [0.05, 0.1) is 0 Å². The van der Waals surface area contributed by atoms with Gasteiger partial charge in [0.1, 0.15) is 5.69 Å². The van der Waals surface area contributed by atoms with Crippen molar-refractivity contribution < 1.29 is 4.79 Å². The van der Waals surface area contributed by atoms with Crippen molar-refractivity contribution >= 4 is 23.2 Å². The van der Waals surface area contributed by atoms with Crippen LogP contribution in [0, 0.1) is 6.92 Å². The van der Waals surface area contributed by atoms with Gasteiger partial charge in [0.15, 0.2) is 0 Å². The fourth-order valence-corrected chi connectivity index (χ4v) is 3.97. The number of para-hydroxylation sites is 2. The minimum atomic E-state index is -0.0897. The predicted molar refractivity (Wildman–Crippen MR) is 117 cm³/mol. The number of aryl methyl sites for hydroxylation is 1. The Morgan fingerprint density at radius 3 is 2.62 bits per heavy atom. The third-order valence-electron chi connectivity index (χ3n) is 5.33. The summed E-state index contributed by atoms with van der Waals surface area (Å²) < 4.78 is 0. The molecule has 1 aliphatic rings. The third-order valence-corrected chi connectivity index (χ3v) is 5.33. The van der Waals surface area contributed by atoms with Crippen LogP contribution in [-0.4, -0.2) is 21.9 Å². The lowest BCUT2D eigenvalue weighted by Crippen LogP contribution is -2.36. The molecule has 2 heterocycles. The van der Waals surface area contributed by atoms with Gasteiger partial charge in [-0.15, -0.1) is 0 Å². The number of carbonyl (C=O) groups excluding carboxylic acids is 1. The number of nitrogens with one attached hydrogen (secondary N) is 1. The molecule has 0 fully saturated rings. The number of aromatic nitrogens is 2. The number of anilines is 3. The van der Waals surface area contributed by atoms with Gasteiger partial charge in [0.25, 0.3) is 5.91 Å². The first-order valence-electron chi connectivity index (χ1n) is 10.1. The Hall–Kier alpha value is -3.21. The standard InChI is InChI=1S/C24H26N4O/c1-15(2)19-10-6-7-11-20(19)26-24-25-16(3)13-21(27-24)23(29)28-17(4)14-18-9-5-8-12-22(18)28/h5-13,15,17H,14H2,1-4H3,(H,25,26,27). The largest absolute Gasteiger partial charge is 0.324 e. The monoisotopic (exact) mass is 386 g/mol. The number of fused-ring (bicyclic) bond motifs is 1. The van der Waals surface area contributed by atoms with E-state index in [0.717, 1.165) is 23.5 Å². The molecule has 1 N–H and O–H groups in total. The Morgan fingerprint density at radius 2 is 1.83 bits per heavy atom. The Labute approximate surface area is 171 Å². The van der Waals surface area contributed by atoms with Crippen LogP contribution in [-0.2, 0) is 6.42 Å². The SMILES string of the molecule is Cc1cc(C(=O)N2c3ccccc3CC2C)nc(Nc2ccccc2C(C)C)n1. The number of rotatable bonds is 4. The zero-order valence-corrected chi connectivity index (χ0v) is 17.3. The second-order valence-corrected chi connectivity index (χ2v) is 7.94. The number of hydrogen-bond donors (Lipinski definition) is 1. The first kappa shape index (κ1) is 19.1. The van der Waals surface area contributed by atoms with E-state index in [-0.39, 0.29) is 11.9 Å². The summed E-state index contributed by atoms with van der Waals surface area (Å²) in [4.78, 5) is 24.3. The minimum Gasteiger partial charge on any atom is -0.324 e.